The van der Waals surface area contributed by atoms with Crippen molar-refractivity contribution in [2.75, 3.05) is 19.8 Å². The van der Waals surface area contributed by atoms with Crippen LogP contribution in [0.15, 0.2) is 0 Å². The van der Waals surface area contributed by atoms with Crippen LogP contribution in [0.5, 0.6) is 0 Å². The maximum Gasteiger partial charge on any atom is 0.222 e. The summed E-state index contributed by atoms with van der Waals surface area (Å²) in [6.45, 7) is 6.84. The van der Waals surface area contributed by atoms with E-state index >= 15 is 0 Å². The van der Waals surface area contributed by atoms with Crippen LogP contribution in [0.4, 0.5) is 0 Å². The molecule has 158 valence electrons. The number of carbonyl (C=O) groups excluding carboxylic acids is 1. The molecule has 0 aromatic carbocycles. The van der Waals surface area contributed by atoms with Crippen LogP contribution >= 0.6 is 0 Å². The Hall–Kier alpha value is -0.610. The van der Waals surface area contributed by atoms with Crippen molar-refractivity contribution in [3.05, 3.63) is 0 Å². The summed E-state index contributed by atoms with van der Waals surface area (Å²) in [5.41, 5.74) is 0. The number of hydrogen-bond donors (Lipinski definition) is 0. The summed E-state index contributed by atoms with van der Waals surface area (Å²) in [5.74, 6) is 0.716. The quantitative estimate of drug-likeness (QED) is 0.363. The molecular weight excluding hydrogens is 338 g/mol. The molecule has 1 amide bonds. The van der Waals surface area contributed by atoms with Crippen LogP contribution in [0.25, 0.3) is 0 Å². The van der Waals surface area contributed by atoms with Gasteiger partial charge in [-0.1, -0.05) is 78.1 Å². The highest BCUT2D eigenvalue weighted by atomic mass is 16.7. The third-order valence-electron chi connectivity index (χ3n) is 6.26. The van der Waals surface area contributed by atoms with Crippen molar-refractivity contribution >= 4 is 5.91 Å². The molecule has 2 atom stereocenters. The standard InChI is InChI=1S/C23H43NO3/c1-3-5-7-9-11-13-17-24-21(14-12-10-8-6-4-2)20(15-16-22(24)25)23-26-18-19-27-23/h20-21,23H,3-19H2,1-2H3. The molecule has 0 saturated carbocycles. The number of hydrogen-bond acceptors (Lipinski definition) is 3. The minimum absolute atomic E-state index is 0.0919. The Labute approximate surface area is 167 Å². The fraction of sp³-hybridized carbons (Fsp3) is 0.957. The lowest BCUT2D eigenvalue weighted by Gasteiger charge is -2.43. The molecule has 2 fully saturated rings. The topological polar surface area (TPSA) is 38.8 Å². The zero-order chi connectivity index (χ0) is 19.3. The van der Waals surface area contributed by atoms with E-state index in [4.69, 9.17) is 9.47 Å². The minimum atomic E-state index is -0.0919. The van der Waals surface area contributed by atoms with Crippen molar-refractivity contribution in [3.8, 4) is 0 Å². The van der Waals surface area contributed by atoms with Crippen molar-refractivity contribution in [1.29, 1.82) is 0 Å². The van der Waals surface area contributed by atoms with Gasteiger partial charge in [0, 0.05) is 24.9 Å². The summed E-state index contributed by atoms with van der Waals surface area (Å²) in [7, 11) is 0. The van der Waals surface area contributed by atoms with Gasteiger partial charge in [0.2, 0.25) is 5.91 Å². The third-order valence-corrected chi connectivity index (χ3v) is 6.26. The Bertz CT molecular complexity index is 395. The van der Waals surface area contributed by atoms with E-state index < -0.39 is 0 Å². The second kappa shape index (κ2) is 13.5. The molecule has 4 nitrogen and oxygen atoms in total. The summed E-state index contributed by atoms with van der Waals surface area (Å²) in [6.07, 6.45) is 16.7. The molecule has 0 N–H and O–H groups in total. The van der Waals surface area contributed by atoms with Crippen molar-refractivity contribution in [1.82, 2.24) is 4.90 Å². The summed E-state index contributed by atoms with van der Waals surface area (Å²) < 4.78 is 11.7. The van der Waals surface area contributed by atoms with Crippen LogP contribution in [-0.2, 0) is 14.3 Å². The maximum absolute atomic E-state index is 12.7. The molecular formula is C23H43NO3. The smallest absolute Gasteiger partial charge is 0.222 e. The predicted octanol–water partition coefficient (Wildman–Crippen LogP) is 5.69. The molecule has 0 aromatic heterocycles. The lowest BCUT2D eigenvalue weighted by molar-refractivity contribution is -0.153. The Balaban J connectivity index is 1.87. The number of likely N-dealkylation sites (tertiary alicyclic amines) is 1. The van der Waals surface area contributed by atoms with Crippen molar-refractivity contribution in [2.24, 2.45) is 5.92 Å². The van der Waals surface area contributed by atoms with E-state index in [0.717, 1.165) is 25.8 Å². The summed E-state index contributed by atoms with van der Waals surface area (Å²) in [6, 6.07) is 0.312. The zero-order valence-corrected chi connectivity index (χ0v) is 17.9. The van der Waals surface area contributed by atoms with Crippen molar-refractivity contribution in [3.63, 3.8) is 0 Å². The lowest BCUT2D eigenvalue weighted by atomic mass is 9.84. The Kier molecular flexibility index (Phi) is 11.4. The van der Waals surface area contributed by atoms with Gasteiger partial charge in [0.15, 0.2) is 6.29 Å². The van der Waals surface area contributed by atoms with E-state index in [0.29, 0.717) is 37.5 Å². The highest BCUT2D eigenvalue weighted by Crippen LogP contribution is 2.34. The molecule has 0 radical (unpaired) electrons. The fourth-order valence-electron chi connectivity index (χ4n) is 4.66. The second-order valence-electron chi connectivity index (χ2n) is 8.44. The summed E-state index contributed by atoms with van der Waals surface area (Å²) >= 11 is 0. The molecule has 2 aliphatic heterocycles. The van der Waals surface area contributed by atoms with Gasteiger partial charge in [-0.25, -0.2) is 0 Å². The first kappa shape index (κ1) is 22.7. The highest BCUT2D eigenvalue weighted by Gasteiger charge is 2.41. The molecule has 2 heterocycles. The van der Waals surface area contributed by atoms with Crippen molar-refractivity contribution in [2.45, 2.75) is 116 Å². The highest BCUT2D eigenvalue weighted by molar-refractivity contribution is 5.77. The molecule has 0 bridgehead atoms. The van der Waals surface area contributed by atoms with E-state index in [1.54, 1.807) is 0 Å². The number of piperidine rings is 1. The normalized spacial score (nSPS) is 24.1. The Morgan fingerprint density at radius 2 is 1.44 bits per heavy atom. The zero-order valence-electron chi connectivity index (χ0n) is 17.9. The Morgan fingerprint density at radius 1 is 0.852 bits per heavy atom. The van der Waals surface area contributed by atoms with Gasteiger partial charge in [0.25, 0.3) is 0 Å². The Morgan fingerprint density at radius 3 is 2.11 bits per heavy atom. The first-order valence-electron chi connectivity index (χ1n) is 11.8. The van der Waals surface area contributed by atoms with E-state index in [1.807, 2.05) is 0 Å². The average Bonchev–Trinajstić information content (AvgIpc) is 3.20. The second-order valence-corrected chi connectivity index (χ2v) is 8.44. The van der Waals surface area contributed by atoms with Crippen LogP contribution in [0.3, 0.4) is 0 Å². The van der Waals surface area contributed by atoms with Crippen LogP contribution < -0.4 is 0 Å². The number of nitrogens with zero attached hydrogens (tertiary/aromatic N) is 1. The van der Waals surface area contributed by atoms with E-state index in [1.165, 1.54) is 64.2 Å². The molecule has 0 aliphatic carbocycles. The average molecular weight is 382 g/mol. The SMILES string of the molecule is CCCCCCCCN1C(=O)CCC(C2OCCO2)C1CCCCCCC. The van der Waals surface area contributed by atoms with Gasteiger partial charge in [-0.2, -0.15) is 0 Å². The van der Waals surface area contributed by atoms with Gasteiger partial charge < -0.3 is 14.4 Å². The number of ether oxygens (including phenoxy) is 2. The molecule has 27 heavy (non-hydrogen) atoms. The largest absolute Gasteiger partial charge is 0.350 e. The molecule has 4 heteroatoms. The van der Waals surface area contributed by atoms with E-state index in [-0.39, 0.29) is 6.29 Å². The molecule has 2 rings (SSSR count). The third kappa shape index (κ3) is 7.73. The predicted molar refractivity (Wildman–Crippen MR) is 111 cm³/mol. The molecule has 0 spiro atoms. The van der Waals surface area contributed by atoms with Gasteiger partial charge in [-0.05, 0) is 19.3 Å². The van der Waals surface area contributed by atoms with E-state index in [2.05, 4.69) is 18.7 Å². The molecule has 2 unspecified atom stereocenters. The van der Waals surface area contributed by atoms with Gasteiger partial charge in [-0.15, -0.1) is 0 Å². The van der Waals surface area contributed by atoms with Crippen LogP contribution in [0, 0.1) is 5.92 Å². The number of carbonyl (C=O) groups is 1. The lowest BCUT2D eigenvalue weighted by Crippen LogP contribution is -2.52. The first-order chi connectivity index (χ1) is 13.3. The number of amides is 1. The van der Waals surface area contributed by atoms with Crippen molar-refractivity contribution < 1.29 is 14.3 Å². The summed E-state index contributed by atoms with van der Waals surface area (Å²) in [5, 5.41) is 0. The monoisotopic (exact) mass is 381 g/mol. The molecule has 2 saturated heterocycles. The summed E-state index contributed by atoms with van der Waals surface area (Å²) in [4.78, 5) is 14.9. The van der Waals surface area contributed by atoms with Crippen LogP contribution in [0.1, 0.15) is 104 Å². The first-order valence-corrected chi connectivity index (χ1v) is 11.8. The van der Waals surface area contributed by atoms with Gasteiger partial charge in [-0.3, -0.25) is 4.79 Å². The number of unbranched alkanes of at least 4 members (excludes halogenated alkanes) is 9. The molecule has 0 aromatic rings. The van der Waals surface area contributed by atoms with Gasteiger partial charge in [0.05, 0.1) is 13.2 Å². The maximum atomic E-state index is 12.7. The van der Waals surface area contributed by atoms with Crippen LogP contribution in [-0.4, -0.2) is 42.9 Å². The number of rotatable bonds is 14. The van der Waals surface area contributed by atoms with E-state index in [9.17, 15) is 4.79 Å². The minimum Gasteiger partial charge on any atom is -0.350 e. The fourth-order valence-corrected chi connectivity index (χ4v) is 4.66. The van der Waals surface area contributed by atoms with Crippen LogP contribution in [0.2, 0.25) is 0 Å². The van der Waals surface area contributed by atoms with Gasteiger partial charge in [0.1, 0.15) is 0 Å². The molecule has 2 aliphatic rings. The van der Waals surface area contributed by atoms with Gasteiger partial charge >= 0.3 is 0 Å².